The summed E-state index contributed by atoms with van der Waals surface area (Å²) in [5.41, 5.74) is 1.10. The van der Waals surface area contributed by atoms with Gasteiger partial charge in [0.1, 0.15) is 11.9 Å². The van der Waals surface area contributed by atoms with Crippen LogP contribution in [-0.4, -0.2) is 45.0 Å². The van der Waals surface area contributed by atoms with Crippen molar-refractivity contribution in [1.82, 2.24) is 19.9 Å². The van der Waals surface area contributed by atoms with E-state index in [1.807, 2.05) is 12.1 Å². The lowest BCUT2D eigenvalue weighted by atomic mass is 10.1. The zero-order valence-electron chi connectivity index (χ0n) is 13.9. The average molecular weight is 373 g/mol. The maximum Gasteiger partial charge on any atom is 0.325 e. The first-order valence-electron chi connectivity index (χ1n) is 8.38. The Morgan fingerprint density at radius 3 is 2.65 bits per heavy atom. The minimum Gasteiger partial charge on any atom is -0.490 e. The minimum absolute atomic E-state index is 0.0712. The van der Waals surface area contributed by atoms with E-state index in [1.165, 1.54) is 6.20 Å². The Morgan fingerprint density at radius 2 is 1.92 bits per heavy atom. The molecule has 0 unspecified atom stereocenters. The molecule has 0 saturated carbocycles. The second kappa shape index (κ2) is 6.84. The number of carbonyl (C=O) groups is 1. The van der Waals surface area contributed by atoms with Crippen LogP contribution in [0.1, 0.15) is 23.2 Å². The average Bonchev–Trinajstić information content (AvgIpc) is 3.03. The number of carbonyl (C=O) groups excluding carboxylic acids is 1. The lowest BCUT2D eigenvalue weighted by Gasteiger charge is -2.32. The molecule has 7 nitrogen and oxygen atoms in total. The molecular weight excluding hydrogens is 356 g/mol. The summed E-state index contributed by atoms with van der Waals surface area (Å²) in [6, 6.07) is 8.93. The highest BCUT2D eigenvalue weighted by Crippen LogP contribution is 2.22. The summed E-state index contributed by atoms with van der Waals surface area (Å²) in [5.74, 6) is 0.691. The number of hydrogen-bond acceptors (Lipinski definition) is 4. The summed E-state index contributed by atoms with van der Waals surface area (Å²) in [7, 11) is 0. The molecule has 4 rings (SSSR count). The third-order valence-corrected chi connectivity index (χ3v) is 4.71. The number of ether oxygens (including phenoxy) is 1. The lowest BCUT2D eigenvalue weighted by Crippen LogP contribution is -2.41. The fourth-order valence-electron chi connectivity index (χ4n) is 3.10. The second-order valence-electron chi connectivity index (χ2n) is 6.26. The van der Waals surface area contributed by atoms with Crippen molar-refractivity contribution in [2.45, 2.75) is 18.9 Å². The maximum atomic E-state index is 12.7. The van der Waals surface area contributed by atoms with Crippen molar-refractivity contribution < 1.29 is 9.53 Å². The van der Waals surface area contributed by atoms with Gasteiger partial charge in [-0.15, -0.1) is 0 Å². The van der Waals surface area contributed by atoms with Crippen LogP contribution in [0.25, 0.3) is 11.2 Å². The van der Waals surface area contributed by atoms with Crippen LogP contribution in [0.2, 0.25) is 5.02 Å². The molecule has 2 N–H and O–H groups in total. The second-order valence-corrected chi connectivity index (χ2v) is 6.70. The molecule has 26 heavy (non-hydrogen) atoms. The van der Waals surface area contributed by atoms with E-state index in [-0.39, 0.29) is 17.7 Å². The van der Waals surface area contributed by atoms with E-state index in [9.17, 15) is 9.59 Å². The van der Waals surface area contributed by atoms with Crippen LogP contribution in [-0.2, 0) is 0 Å². The van der Waals surface area contributed by atoms with Crippen molar-refractivity contribution in [3.8, 4) is 5.75 Å². The van der Waals surface area contributed by atoms with Gasteiger partial charge in [-0.3, -0.25) is 9.78 Å². The number of likely N-dealkylation sites (tertiary alicyclic amines) is 1. The Labute approximate surface area is 154 Å². The molecule has 0 bridgehead atoms. The summed E-state index contributed by atoms with van der Waals surface area (Å²) in [6.45, 7) is 1.22. The third kappa shape index (κ3) is 3.43. The van der Waals surface area contributed by atoms with Crippen LogP contribution in [0.5, 0.6) is 5.75 Å². The van der Waals surface area contributed by atoms with Crippen LogP contribution < -0.4 is 10.4 Å². The number of imidazole rings is 1. The molecule has 3 aromatic rings. The molecule has 0 radical (unpaired) electrons. The van der Waals surface area contributed by atoms with E-state index in [0.29, 0.717) is 34.8 Å². The molecule has 2 aromatic heterocycles. The molecule has 1 aliphatic rings. The number of H-pyrrole nitrogens is 2. The molecule has 1 aromatic carbocycles. The maximum absolute atomic E-state index is 12.7. The number of nitrogens with zero attached hydrogens (tertiary/aromatic N) is 2. The van der Waals surface area contributed by atoms with Crippen molar-refractivity contribution in [3.63, 3.8) is 0 Å². The van der Waals surface area contributed by atoms with Crippen LogP contribution >= 0.6 is 11.6 Å². The Bertz CT molecular complexity index is 988. The van der Waals surface area contributed by atoms with Crippen molar-refractivity contribution in [2.24, 2.45) is 0 Å². The van der Waals surface area contributed by atoms with Crippen molar-refractivity contribution >= 4 is 28.7 Å². The topological polar surface area (TPSA) is 91.1 Å². The molecule has 0 aliphatic carbocycles. The molecule has 134 valence electrons. The van der Waals surface area contributed by atoms with Gasteiger partial charge in [0.15, 0.2) is 5.65 Å². The van der Waals surface area contributed by atoms with Gasteiger partial charge >= 0.3 is 5.69 Å². The Hall–Kier alpha value is -2.80. The monoisotopic (exact) mass is 372 g/mol. The van der Waals surface area contributed by atoms with Crippen molar-refractivity contribution in [2.75, 3.05) is 13.1 Å². The number of aromatic nitrogens is 3. The first kappa shape index (κ1) is 16.7. The van der Waals surface area contributed by atoms with Crippen LogP contribution in [0.15, 0.2) is 41.3 Å². The Balaban J connectivity index is 1.39. The van der Waals surface area contributed by atoms with E-state index in [0.717, 1.165) is 18.6 Å². The van der Waals surface area contributed by atoms with Crippen molar-refractivity contribution in [3.05, 3.63) is 57.6 Å². The highest BCUT2D eigenvalue weighted by Gasteiger charge is 2.25. The van der Waals surface area contributed by atoms with E-state index in [4.69, 9.17) is 16.3 Å². The number of fused-ring (bicyclic) bond motifs is 1. The first-order chi connectivity index (χ1) is 12.6. The summed E-state index contributed by atoms with van der Waals surface area (Å²) in [6.07, 6.45) is 3.07. The van der Waals surface area contributed by atoms with Gasteiger partial charge in [0.2, 0.25) is 0 Å². The van der Waals surface area contributed by atoms with Gasteiger partial charge in [-0.05, 0) is 30.3 Å². The molecule has 1 fully saturated rings. The normalized spacial score (nSPS) is 15.3. The number of amides is 1. The molecule has 0 atom stereocenters. The van der Waals surface area contributed by atoms with Crippen LogP contribution in [0.3, 0.4) is 0 Å². The summed E-state index contributed by atoms with van der Waals surface area (Å²) in [5, 5.41) is 0.673. The van der Waals surface area contributed by atoms with Crippen LogP contribution in [0, 0.1) is 0 Å². The van der Waals surface area contributed by atoms with Gasteiger partial charge in [0, 0.05) is 37.2 Å². The highest BCUT2D eigenvalue weighted by atomic mass is 35.5. The number of aromatic amines is 2. The number of piperidine rings is 1. The molecule has 0 spiro atoms. The van der Waals surface area contributed by atoms with Gasteiger partial charge in [-0.25, -0.2) is 9.78 Å². The van der Waals surface area contributed by atoms with Gasteiger partial charge in [-0.1, -0.05) is 11.6 Å². The Morgan fingerprint density at radius 1 is 1.19 bits per heavy atom. The van der Waals surface area contributed by atoms with Crippen molar-refractivity contribution in [1.29, 1.82) is 0 Å². The fraction of sp³-hybridized carbons (Fsp3) is 0.278. The third-order valence-electron chi connectivity index (χ3n) is 4.46. The largest absolute Gasteiger partial charge is 0.490 e. The summed E-state index contributed by atoms with van der Waals surface area (Å²) < 4.78 is 5.95. The van der Waals surface area contributed by atoms with Gasteiger partial charge < -0.3 is 14.6 Å². The number of benzene rings is 1. The number of nitrogens with one attached hydrogen (secondary N) is 2. The molecule has 1 aliphatic heterocycles. The van der Waals surface area contributed by atoms with Gasteiger partial charge in [0.05, 0.1) is 11.1 Å². The first-order valence-corrected chi connectivity index (χ1v) is 8.76. The van der Waals surface area contributed by atoms with E-state index in [1.54, 1.807) is 23.1 Å². The zero-order chi connectivity index (χ0) is 18.1. The number of pyridine rings is 1. The molecule has 1 amide bonds. The quantitative estimate of drug-likeness (QED) is 0.739. The number of rotatable bonds is 3. The van der Waals surface area contributed by atoms with E-state index >= 15 is 0 Å². The fourth-order valence-corrected chi connectivity index (χ4v) is 3.23. The molecule has 1 saturated heterocycles. The van der Waals surface area contributed by atoms with E-state index < -0.39 is 0 Å². The SMILES string of the molecule is O=C(c1cnc2[nH]c(=O)[nH]c2c1)N1CCC(Oc2ccc(Cl)cc2)CC1. The number of hydrogen-bond donors (Lipinski definition) is 2. The number of halogens is 1. The summed E-state index contributed by atoms with van der Waals surface area (Å²) >= 11 is 5.88. The van der Waals surface area contributed by atoms with Gasteiger partial charge in [-0.2, -0.15) is 0 Å². The minimum atomic E-state index is -0.336. The highest BCUT2D eigenvalue weighted by molar-refractivity contribution is 6.30. The Kier molecular flexibility index (Phi) is 4.38. The van der Waals surface area contributed by atoms with Crippen LogP contribution in [0.4, 0.5) is 0 Å². The lowest BCUT2D eigenvalue weighted by molar-refractivity contribution is 0.0595. The van der Waals surface area contributed by atoms with E-state index in [2.05, 4.69) is 15.0 Å². The summed E-state index contributed by atoms with van der Waals surface area (Å²) in [4.78, 5) is 35.1. The predicted octanol–water partition coefficient (Wildman–Crippen LogP) is 2.59. The molecule has 8 heteroatoms. The smallest absolute Gasteiger partial charge is 0.325 e. The van der Waals surface area contributed by atoms with Gasteiger partial charge in [0.25, 0.3) is 5.91 Å². The standard InChI is InChI=1S/C18H17ClN4O3/c19-12-1-3-13(4-2-12)26-14-5-7-23(8-6-14)17(24)11-9-15-16(20-10-11)22-18(25)21-15/h1-4,9-10,14H,5-8H2,(H2,20,21,22,25). The predicted molar refractivity (Wildman–Crippen MR) is 97.7 cm³/mol. The molecular formula is C18H17ClN4O3. The zero-order valence-corrected chi connectivity index (χ0v) is 14.6. The molecule has 3 heterocycles.